The normalized spacial score (nSPS) is 17.1. The molecule has 2 unspecified atom stereocenters. The highest BCUT2D eigenvalue weighted by Crippen LogP contribution is 2.43. The average molecular weight is 442 g/mol. The molecule has 1 saturated carbocycles. The molecule has 158 valence electrons. The maximum atomic E-state index is 12.7. The molecule has 0 saturated heterocycles. The molecule has 1 aromatic heterocycles. The summed E-state index contributed by atoms with van der Waals surface area (Å²) in [6, 6.07) is 3.16. The highest BCUT2D eigenvalue weighted by atomic mass is 35.5. The molecule has 2 atom stereocenters. The molecule has 0 radical (unpaired) electrons. The maximum absolute atomic E-state index is 12.7. The molecule has 3 rings (SSSR count). The Hall–Kier alpha value is -1.76. The number of H-pyrrole nitrogens is 1. The minimum atomic E-state index is -1.28. The lowest BCUT2D eigenvalue weighted by Gasteiger charge is -2.32. The standard InChI is InChI=1S/C21H25Cl2NO5/c1-3-29-21(27)18-17(16-13(23)9-12(22)10-14(16)24-18)19(25)15(20(26)28-2)11-7-5-4-6-8-11/h9-11,15,19,24-25H,3-8H2,1-2H3. The number of ether oxygens (including phenoxy) is 2. The second-order valence-corrected chi connectivity index (χ2v) is 8.18. The molecular formula is C21H25Cl2NO5. The van der Waals surface area contributed by atoms with Crippen LogP contribution in [0.15, 0.2) is 12.1 Å². The molecule has 0 aliphatic heterocycles. The Morgan fingerprint density at radius 2 is 1.93 bits per heavy atom. The summed E-state index contributed by atoms with van der Waals surface area (Å²) < 4.78 is 10.2. The van der Waals surface area contributed by atoms with Gasteiger partial charge in [-0.1, -0.05) is 42.5 Å². The van der Waals surface area contributed by atoms with Crippen molar-refractivity contribution in [3.05, 3.63) is 33.4 Å². The third-order valence-corrected chi connectivity index (χ3v) is 6.12. The predicted molar refractivity (Wildman–Crippen MR) is 111 cm³/mol. The van der Waals surface area contributed by atoms with E-state index in [0.29, 0.717) is 15.9 Å². The number of aliphatic hydroxyl groups is 1. The van der Waals surface area contributed by atoms with Crippen molar-refractivity contribution in [2.24, 2.45) is 11.8 Å². The molecule has 1 heterocycles. The third-order valence-electron chi connectivity index (χ3n) is 5.60. The van der Waals surface area contributed by atoms with Crippen molar-refractivity contribution in [2.75, 3.05) is 13.7 Å². The van der Waals surface area contributed by atoms with Crippen molar-refractivity contribution in [1.29, 1.82) is 0 Å². The first-order chi connectivity index (χ1) is 13.9. The van der Waals surface area contributed by atoms with E-state index >= 15 is 0 Å². The lowest BCUT2D eigenvalue weighted by Crippen LogP contribution is -2.33. The van der Waals surface area contributed by atoms with Gasteiger partial charge in [0, 0.05) is 21.5 Å². The van der Waals surface area contributed by atoms with E-state index in [2.05, 4.69) is 4.98 Å². The number of aliphatic hydroxyl groups excluding tert-OH is 1. The van der Waals surface area contributed by atoms with E-state index in [9.17, 15) is 14.7 Å². The summed E-state index contributed by atoms with van der Waals surface area (Å²) in [6.07, 6.45) is 3.42. The van der Waals surface area contributed by atoms with Gasteiger partial charge in [-0.3, -0.25) is 4.79 Å². The van der Waals surface area contributed by atoms with Gasteiger partial charge in [0.25, 0.3) is 0 Å². The van der Waals surface area contributed by atoms with Gasteiger partial charge < -0.3 is 19.6 Å². The lowest BCUT2D eigenvalue weighted by molar-refractivity contribution is -0.153. The van der Waals surface area contributed by atoms with E-state index in [1.807, 2.05) is 0 Å². The quantitative estimate of drug-likeness (QED) is 0.611. The molecule has 6 nitrogen and oxygen atoms in total. The Kier molecular flexibility index (Phi) is 7.09. The number of halogens is 2. The molecule has 0 bridgehead atoms. The fraction of sp³-hybridized carbons (Fsp3) is 0.524. The summed E-state index contributed by atoms with van der Waals surface area (Å²) >= 11 is 12.5. The van der Waals surface area contributed by atoms with Crippen molar-refractivity contribution < 1.29 is 24.2 Å². The van der Waals surface area contributed by atoms with E-state index in [1.165, 1.54) is 13.2 Å². The number of esters is 2. The zero-order valence-corrected chi connectivity index (χ0v) is 18.0. The van der Waals surface area contributed by atoms with Crippen LogP contribution in [0.1, 0.15) is 61.2 Å². The number of carbonyl (C=O) groups excluding carboxylic acids is 2. The van der Waals surface area contributed by atoms with Crippen LogP contribution in [-0.4, -0.2) is 35.7 Å². The van der Waals surface area contributed by atoms with Crippen LogP contribution in [0.25, 0.3) is 10.9 Å². The molecular weight excluding hydrogens is 417 g/mol. The van der Waals surface area contributed by atoms with Gasteiger partial charge in [-0.2, -0.15) is 0 Å². The first-order valence-electron chi connectivity index (χ1n) is 9.82. The van der Waals surface area contributed by atoms with E-state index in [1.54, 1.807) is 13.0 Å². The van der Waals surface area contributed by atoms with Crippen molar-refractivity contribution in [3.8, 4) is 0 Å². The Bertz CT molecular complexity index is 904. The summed E-state index contributed by atoms with van der Waals surface area (Å²) in [6.45, 7) is 1.86. The van der Waals surface area contributed by atoms with Gasteiger partial charge in [-0.25, -0.2) is 4.79 Å². The monoisotopic (exact) mass is 441 g/mol. The summed E-state index contributed by atoms with van der Waals surface area (Å²) in [7, 11) is 1.30. The van der Waals surface area contributed by atoms with Crippen molar-refractivity contribution in [1.82, 2.24) is 4.98 Å². The number of rotatable bonds is 6. The van der Waals surface area contributed by atoms with Gasteiger partial charge in [0.15, 0.2) is 0 Å². The molecule has 1 aromatic carbocycles. The van der Waals surface area contributed by atoms with Crippen LogP contribution in [0.4, 0.5) is 0 Å². The van der Waals surface area contributed by atoms with E-state index in [-0.39, 0.29) is 28.8 Å². The number of hydrogen-bond donors (Lipinski definition) is 2. The molecule has 1 aliphatic carbocycles. The Balaban J connectivity index is 2.17. The van der Waals surface area contributed by atoms with Gasteiger partial charge >= 0.3 is 11.9 Å². The van der Waals surface area contributed by atoms with Crippen molar-refractivity contribution in [2.45, 2.75) is 45.1 Å². The molecule has 0 amide bonds. The van der Waals surface area contributed by atoms with E-state index in [4.69, 9.17) is 32.7 Å². The Labute approximate surface area is 179 Å². The topological polar surface area (TPSA) is 88.6 Å². The Morgan fingerprint density at radius 3 is 2.55 bits per heavy atom. The number of nitrogens with one attached hydrogen (secondary N) is 1. The van der Waals surface area contributed by atoms with Gasteiger partial charge in [-0.05, 0) is 37.8 Å². The first kappa shape index (κ1) is 21.9. The molecule has 1 fully saturated rings. The van der Waals surface area contributed by atoms with Crippen LogP contribution in [0.5, 0.6) is 0 Å². The number of hydrogen-bond acceptors (Lipinski definition) is 5. The second kappa shape index (κ2) is 9.37. The number of methoxy groups -OCH3 is 1. The predicted octanol–water partition coefficient (Wildman–Crippen LogP) is 5.05. The smallest absolute Gasteiger partial charge is 0.355 e. The number of aromatic amines is 1. The van der Waals surface area contributed by atoms with Gasteiger partial charge in [0.1, 0.15) is 5.69 Å². The van der Waals surface area contributed by atoms with Crippen molar-refractivity contribution >= 4 is 46.0 Å². The van der Waals surface area contributed by atoms with Crippen molar-refractivity contribution in [3.63, 3.8) is 0 Å². The maximum Gasteiger partial charge on any atom is 0.355 e. The van der Waals surface area contributed by atoms with Gasteiger partial charge in [0.05, 0.1) is 30.8 Å². The summed E-state index contributed by atoms with van der Waals surface area (Å²) in [4.78, 5) is 28.3. The van der Waals surface area contributed by atoms with Gasteiger partial charge in [-0.15, -0.1) is 0 Å². The number of benzene rings is 1. The van der Waals surface area contributed by atoms with Gasteiger partial charge in [0.2, 0.25) is 0 Å². The molecule has 2 aromatic rings. The third kappa shape index (κ3) is 4.39. The molecule has 8 heteroatoms. The second-order valence-electron chi connectivity index (χ2n) is 7.34. The van der Waals surface area contributed by atoms with Crippen LogP contribution in [0, 0.1) is 11.8 Å². The van der Waals surface area contributed by atoms with Crippen LogP contribution >= 0.6 is 23.2 Å². The summed E-state index contributed by atoms with van der Waals surface area (Å²) in [5, 5.41) is 12.5. The largest absolute Gasteiger partial charge is 0.469 e. The highest BCUT2D eigenvalue weighted by molar-refractivity contribution is 6.39. The fourth-order valence-electron chi connectivity index (χ4n) is 4.32. The highest BCUT2D eigenvalue weighted by Gasteiger charge is 2.40. The molecule has 1 aliphatic rings. The number of carbonyl (C=O) groups is 2. The van der Waals surface area contributed by atoms with Crippen LogP contribution in [-0.2, 0) is 14.3 Å². The lowest BCUT2D eigenvalue weighted by atomic mass is 9.75. The molecule has 0 spiro atoms. The fourth-order valence-corrected chi connectivity index (χ4v) is 4.92. The first-order valence-corrected chi connectivity index (χ1v) is 10.6. The zero-order valence-electron chi connectivity index (χ0n) is 16.5. The van der Waals surface area contributed by atoms with E-state index in [0.717, 1.165) is 32.1 Å². The molecule has 29 heavy (non-hydrogen) atoms. The van der Waals surface area contributed by atoms with Crippen LogP contribution in [0.3, 0.4) is 0 Å². The SMILES string of the molecule is CCOC(=O)c1[nH]c2cc(Cl)cc(Cl)c2c1C(O)C(C(=O)OC)C1CCCCC1. The van der Waals surface area contributed by atoms with Crippen LogP contribution in [0.2, 0.25) is 10.0 Å². The summed E-state index contributed by atoms with van der Waals surface area (Å²) in [5.74, 6) is -1.98. The van der Waals surface area contributed by atoms with E-state index < -0.39 is 24.0 Å². The summed E-state index contributed by atoms with van der Waals surface area (Å²) in [5.41, 5.74) is 0.816. The zero-order chi connectivity index (χ0) is 21.1. The van der Waals surface area contributed by atoms with Crippen LogP contribution < -0.4 is 0 Å². The minimum absolute atomic E-state index is 0.0442. The molecule has 2 N–H and O–H groups in total. The number of aromatic nitrogens is 1. The minimum Gasteiger partial charge on any atom is -0.469 e. The number of fused-ring (bicyclic) bond motifs is 1. The Morgan fingerprint density at radius 1 is 1.24 bits per heavy atom. The average Bonchev–Trinajstić information content (AvgIpc) is 3.08.